The second-order valence-corrected chi connectivity index (χ2v) is 5.63. The van der Waals surface area contributed by atoms with Crippen LogP contribution in [0, 0.1) is 6.92 Å². The third kappa shape index (κ3) is 2.88. The van der Waals surface area contributed by atoms with Gasteiger partial charge >= 0.3 is 0 Å². The van der Waals surface area contributed by atoms with Crippen molar-refractivity contribution >= 4 is 16.7 Å². The Bertz CT molecular complexity index is 305. The van der Waals surface area contributed by atoms with Crippen molar-refractivity contribution in [1.29, 1.82) is 0 Å². The monoisotopic (exact) mass is 195 g/mol. The molecule has 1 nitrogen and oxygen atoms in total. The minimum Gasteiger partial charge on any atom is -0.289 e. The summed E-state index contributed by atoms with van der Waals surface area (Å²) in [6.07, 6.45) is 4.19. The van der Waals surface area contributed by atoms with E-state index in [4.69, 9.17) is 0 Å². The average molecular weight is 195 g/mol. The van der Waals surface area contributed by atoms with Crippen molar-refractivity contribution < 1.29 is 4.79 Å². The molecule has 1 aromatic rings. The van der Waals surface area contributed by atoms with Gasteiger partial charge in [0.15, 0.2) is 5.75 Å². The molecule has 1 aromatic carbocycles. The smallest absolute Gasteiger partial charge is 0.212 e. The van der Waals surface area contributed by atoms with Gasteiger partial charge in [0.1, 0.15) is 0 Å². The van der Waals surface area contributed by atoms with Crippen molar-refractivity contribution in [2.45, 2.75) is 6.92 Å². The van der Waals surface area contributed by atoms with Crippen molar-refractivity contribution in [2.75, 3.05) is 18.3 Å². The zero-order chi connectivity index (χ0) is 9.84. The van der Waals surface area contributed by atoms with E-state index < -0.39 is 0 Å². The molecule has 0 aromatic heterocycles. The fourth-order valence-corrected chi connectivity index (χ4v) is 1.91. The number of carbonyl (C=O) groups is 1. The topological polar surface area (TPSA) is 17.1 Å². The van der Waals surface area contributed by atoms with E-state index in [1.54, 1.807) is 0 Å². The van der Waals surface area contributed by atoms with E-state index in [0.29, 0.717) is 5.75 Å². The maximum atomic E-state index is 11.7. The maximum Gasteiger partial charge on any atom is 0.212 e. The molecule has 0 heterocycles. The summed E-state index contributed by atoms with van der Waals surface area (Å²) in [6, 6.07) is 7.77. The molecule has 0 aliphatic heterocycles. The summed E-state index contributed by atoms with van der Waals surface area (Å²) >= 11 is 0. The van der Waals surface area contributed by atoms with Gasteiger partial charge in [0, 0.05) is 5.56 Å². The summed E-state index contributed by atoms with van der Waals surface area (Å²) < 4.78 is 0. The first-order chi connectivity index (χ1) is 6.11. The van der Waals surface area contributed by atoms with Crippen molar-refractivity contribution in [3.05, 3.63) is 35.4 Å². The first kappa shape index (κ1) is 10.3. The zero-order valence-electron chi connectivity index (χ0n) is 8.33. The van der Waals surface area contributed by atoms with E-state index in [0.717, 1.165) is 11.1 Å². The summed E-state index contributed by atoms with van der Waals surface area (Å²) in [4.78, 5) is 11.7. The third-order valence-electron chi connectivity index (χ3n) is 1.87. The Kier molecular flexibility index (Phi) is 3.55. The van der Waals surface area contributed by atoms with Gasteiger partial charge in [-0.15, -0.1) is 0 Å². The molecule has 0 aliphatic carbocycles. The molecule has 0 spiro atoms. The SMILES string of the molecule is Cc1ccccc1C(=O)C[S+](C)C. The number of ketones is 1. The first-order valence-electron chi connectivity index (χ1n) is 4.24. The van der Waals surface area contributed by atoms with E-state index in [1.165, 1.54) is 0 Å². The summed E-state index contributed by atoms with van der Waals surface area (Å²) in [5, 5.41) is 0. The van der Waals surface area contributed by atoms with Crippen LogP contribution in [0.2, 0.25) is 0 Å². The molecule has 0 N–H and O–H groups in total. The minimum atomic E-state index is 0.196. The van der Waals surface area contributed by atoms with Crippen molar-refractivity contribution in [1.82, 2.24) is 0 Å². The van der Waals surface area contributed by atoms with E-state index in [1.807, 2.05) is 31.2 Å². The Balaban J connectivity index is 2.83. The lowest BCUT2D eigenvalue weighted by Crippen LogP contribution is -2.14. The maximum absolute atomic E-state index is 11.7. The highest BCUT2D eigenvalue weighted by Gasteiger charge is 2.14. The predicted molar refractivity (Wildman–Crippen MR) is 59.6 cm³/mol. The first-order valence-corrected chi connectivity index (χ1v) is 6.45. The van der Waals surface area contributed by atoms with Gasteiger partial charge in [-0.05, 0) is 23.4 Å². The fourth-order valence-electron chi connectivity index (χ4n) is 1.23. The Morgan fingerprint density at radius 3 is 2.46 bits per heavy atom. The van der Waals surface area contributed by atoms with E-state index in [-0.39, 0.29) is 16.7 Å². The van der Waals surface area contributed by atoms with Crippen LogP contribution >= 0.6 is 0 Å². The summed E-state index contributed by atoms with van der Waals surface area (Å²) in [5.74, 6) is 0.941. The summed E-state index contributed by atoms with van der Waals surface area (Å²) in [7, 11) is 0.196. The number of Topliss-reactive ketones (excluding diaryl/α,β-unsaturated/α-hetero) is 1. The average Bonchev–Trinajstić information content (AvgIpc) is 2.03. The zero-order valence-corrected chi connectivity index (χ0v) is 9.15. The summed E-state index contributed by atoms with van der Waals surface area (Å²) in [6.45, 7) is 1.98. The molecular weight excluding hydrogens is 180 g/mol. The van der Waals surface area contributed by atoms with Crippen LogP contribution in [-0.2, 0) is 10.9 Å². The van der Waals surface area contributed by atoms with Crippen molar-refractivity contribution in [3.63, 3.8) is 0 Å². The normalized spacial score (nSPS) is 10.5. The molecular formula is C11H15OS+. The molecule has 0 saturated carbocycles. The molecule has 1 rings (SSSR count). The van der Waals surface area contributed by atoms with Gasteiger partial charge in [-0.25, -0.2) is 0 Å². The Labute approximate surface area is 82.5 Å². The molecule has 70 valence electrons. The van der Waals surface area contributed by atoms with Crippen LogP contribution in [0.5, 0.6) is 0 Å². The van der Waals surface area contributed by atoms with Crippen LogP contribution in [-0.4, -0.2) is 24.0 Å². The van der Waals surface area contributed by atoms with Gasteiger partial charge in [-0.3, -0.25) is 4.79 Å². The number of aryl methyl sites for hydroxylation is 1. The predicted octanol–water partition coefficient (Wildman–Crippen LogP) is 2.06. The molecule has 0 radical (unpaired) electrons. The highest BCUT2D eigenvalue weighted by molar-refractivity contribution is 7.96. The molecule has 0 unspecified atom stereocenters. The summed E-state index contributed by atoms with van der Waals surface area (Å²) in [5.41, 5.74) is 1.96. The van der Waals surface area contributed by atoms with Gasteiger partial charge in [-0.1, -0.05) is 24.3 Å². The Hall–Kier alpha value is -0.760. The van der Waals surface area contributed by atoms with Gasteiger partial charge in [-0.2, -0.15) is 0 Å². The van der Waals surface area contributed by atoms with Crippen LogP contribution < -0.4 is 0 Å². The Morgan fingerprint density at radius 2 is 1.92 bits per heavy atom. The second-order valence-electron chi connectivity index (χ2n) is 3.37. The van der Waals surface area contributed by atoms with Crippen LogP contribution in [0.25, 0.3) is 0 Å². The van der Waals surface area contributed by atoms with Gasteiger partial charge in [0.05, 0.1) is 12.5 Å². The quantitative estimate of drug-likeness (QED) is 0.533. The second kappa shape index (κ2) is 4.47. The molecule has 13 heavy (non-hydrogen) atoms. The lowest BCUT2D eigenvalue weighted by Gasteiger charge is -2.01. The van der Waals surface area contributed by atoms with E-state index in [9.17, 15) is 4.79 Å². The van der Waals surface area contributed by atoms with E-state index in [2.05, 4.69) is 12.5 Å². The van der Waals surface area contributed by atoms with Crippen LogP contribution in [0.3, 0.4) is 0 Å². The van der Waals surface area contributed by atoms with E-state index >= 15 is 0 Å². The number of benzene rings is 1. The Morgan fingerprint density at radius 1 is 1.31 bits per heavy atom. The van der Waals surface area contributed by atoms with Crippen LogP contribution in [0.4, 0.5) is 0 Å². The van der Waals surface area contributed by atoms with Crippen LogP contribution in [0.1, 0.15) is 15.9 Å². The largest absolute Gasteiger partial charge is 0.289 e. The number of rotatable bonds is 3. The number of carbonyl (C=O) groups excluding carboxylic acids is 1. The molecule has 0 atom stereocenters. The molecule has 2 heteroatoms. The standard InChI is InChI=1S/C11H15OS/c1-9-6-4-5-7-10(9)11(12)8-13(2)3/h4-7H,8H2,1-3H3/q+1. The van der Waals surface area contributed by atoms with Crippen molar-refractivity contribution in [3.8, 4) is 0 Å². The highest BCUT2D eigenvalue weighted by atomic mass is 32.2. The van der Waals surface area contributed by atoms with Gasteiger partial charge in [0.2, 0.25) is 5.78 Å². The van der Waals surface area contributed by atoms with Gasteiger partial charge < -0.3 is 0 Å². The van der Waals surface area contributed by atoms with Gasteiger partial charge in [0.25, 0.3) is 0 Å². The lowest BCUT2D eigenvalue weighted by molar-refractivity contribution is 0.102. The van der Waals surface area contributed by atoms with Crippen LogP contribution in [0.15, 0.2) is 24.3 Å². The molecule has 0 aliphatic rings. The van der Waals surface area contributed by atoms with Crippen molar-refractivity contribution in [2.24, 2.45) is 0 Å². The third-order valence-corrected chi connectivity index (χ3v) is 2.70. The fraction of sp³-hybridized carbons (Fsp3) is 0.364. The molecule has 0 amide bonds. The molecule has 0 bridgehead atoms. The molecule has 0 saturated heterocycles. The number of hydrogen-bond donors (Lipinski definition) is 0. The number of hydrogen-bond acceptors (Lipinski definition) is 1. The lowest BCUT2D eigenvalue weighted by atomic mass is 10.1. The highest BCUT2D eigenvalue weighted by Crippen LogP contribution is 2.08. The minimum absolute atomic E-state index is 0.196. The molecule has 0 fully saturated rings.